The van der Waals surface area contributed by atoms with Crippen LogP contribution in [0.3, 0.4) is 0 Å². The highest BCUT2D eigenvalue weighted by molar-refractivity contribution is 6.35. The summed E-state index contributed by atoms with van der Waals surface area (Å²) >= 11 is 0. The van der Waals surface area contributed by atoms with Gasteiger partial charge >= 0.3 is 11.8 Å². The van der Waals surface area contributed by atoms with Crippen LogP contribution in [0.4, 0.5) is 0 Å². The van der Waals surface area contributed by atoms with Crippen LogP contribution >= 0.6 is 0 Å². The molecular formula is C13H17N3O3. The second kappa shape index (κ2) is 7.15. The molecule has 0 fully saturated rings. The number of aromatic hydroxyl groups is 1. The average molecular weight is 263 g/mol. The molecule has 3 N–H and O–H groups in total. The van der Waals surface area contributed by atoms with Crippen LogP contribution in [0.15, 0.2) is 29.4 Å². The molecule has 2 amide bonds. The smallest absolute Gasteiger partial charge is 0.329 e. The molecule has 0 bridgehead atoms. The van der Waals surface area contributed by atoms with Crippen molar-refractivity contribution in [3.05, 3.63) is 29.8 Å². The molecular weight excluding hydrogens is 246 g/mol. The minimum atomic E-state index is -0.841. The second-order valence-corrected chi connectivity index (χ2v) is 4.04. The Labute approximate surface area is 111 Å². The van der Waals surface area contributed by atoms with Gasteiger partial charge in [-0.2, -0.15) is 5.10 Å². The van der Waals surface area contributed by atoms with Crippen LogP contribution in [-0.2, 0) is 9.59 Å². The van der Waals surface area contributed by atoms with Gasteiger partial charge in [-0.1, -0.05) is 19.1 Å². The topological polar surface area (TPSA) is 90.8 Å². The summed E-state index contributed by atoms with van der Waals surface area (Å²) in [5.41, 5.74) is 2.54. The number of nitrogens with one attached hydrogen (secondary N) is 2. The van der Waals surface area contributed by atoms with Crippen molar-refractivity contribution in [3.8, 4) is 5.75 Å². The number of phenols is 1. The Morgan fingerprint density at radius 3 is 2.68 bits per heavy atom. The molecule has 19 heavy (non-hydrogen) atoms. The normalized spacial score (nSPS) is 12.1. The number of carbonyl (C=O) groups excluding carboxylic acids is 2. The number of phenolic OH excluding ortho intramolecular Hbond substituents is 1. The molecule has 1 rings (SSSR count). The van der Waals surface area contributed by atoms with Crippen LogP contribution in [0.2, 0.25) is 0 Å². The number of benzene rings is 1. The Hall–Kier alpha value is -2.37. The van der Waals surface area contributed by atoms with Gasteiger partial charge in [-0.25, -0.2) is 5.43 Å². The lowest BCUT2D eigenvalue weighted by Crippen LogP contribution is -2.41. The zero-order chi connectivity index (χ0) is 14.3. The Kier molecular flexibility index (Phi) is 5.53. The molecule has 0 saturated carbocycles. The Balaban J connectivity index is 2.50. The molecule has 0 saturated heterocycles. The minimum absolute atomic E-state index is 0.0459. The first-order valence-electron chi connectivity index (χ1n) is 5.96. The second-order valence-electron chi connectivity index (χ2n) is 4.04. The fraction of sp³-hybridized carbons (Fsp3) is 0.308. The van der Waals surface area contributed by atoms with Crippen molar-refractivity contribution < 1.29 is 14.7 Å². The monoisotopic (exact) mass is 263 g/mol. The van der Waals surface area contributed by atoms with Crippen molar-refractivity contribution in [1.29, 1.82) is 0 Å². The predicted octanol–water partition coefficient (Wildman–Crippen LogP) is 0.757. The first-order chi connectivity index (χ1) is 9.04. The van der Waals surface area contributed by atoms with E-state index in [1.807, 2.05) is 6.92 Å². The lowest BCUT2D eigenvalue weighted by atomic mass is 10.2. The van der Waals surface area contributed by atoms with Crippen molar-refractivity contribution in [3.63, 3.8) is 0 Å². The number of amides is 2. The summed E-state index contributed by atoms with van der Waals surface area (Å²) in [5.74, 6) is -1.53. The maximum absolute atomic E-state index is 11.4. The zero-order valence-corrected chi connectivity index (χ0v) is 10.9. The van der Waals surface area contributed by atoms with Crippen molar-refractivity contribution in [2.45, 2.75) is 26.3 Å². The zero-order valence-electron chi connectivity index (χ0n) is 10.9. The van der Waals surface area contributed by atoms with Crippen LogP contribution in [0.1, 0.15) is 25.8 Å². The van der Waals surface area contributed by atoms with E-state index in [2.05, 4.69) is 15.8 Å². The van der Waals surface area contributed by atoms with Gasteiger partial charge in [-0.05, 0) is 25.5 Å². The highest BCUT2D eigenvalue weighted by atomic mass is 16.3. The molecule has 1 atom stereocenters. The van der Waals surface area contributed by atoms with Crippen LogP contribution in [0.25, 0.3) is 0 Å². The molecule has 0 heterocycles. The van der Waals surface area contributed by atoms with Crippen LogP contribution < -0.4 is 10.7 Å². The molecule has 6 heteroatoms. The lowest BCUT2D eigenvalue weighted by Gasteiger charge is -2.09. The molecule has 1 aromatic carbocycles. The number of para-hydroxylation sites is 1. The molecule has 6 nitrogen and oxygen atoms in total. The molecule has 0 aliphatic heterocycles. The van der Waals surface area contributed by atoms with E-state index < -0.39 is 11.8 Å². The fourth-order valence-electron chi connectivity index (χ4n) is 1.20. The quantitative estimate of drug-likeness (QED) is 0.425. The average Bonchev–Trinajstić information content (AvgIpc) is 2.40. The maximum Gasteiger partial charge on any atom is 0.329 e. The third kappa shape index (κ3) is 4.79. The summed E-state index contributed by atoms with van der Waals surface area (Å²) in [6.07, 6.45) is 2.00. The minimum Gasteiger partial charge on any atom is -0.507 e. The van der Waals surface area contributed by atoms with Gasteiger partial charge in [0.2, 0.25) is 0 Å². The highest BCUT2D eigenvalue weighted by Gasteiger charge is 2.14. The molecule has 0 radical (unpaired) electrons. The summed E-state index contributed by atoms with van der Waals surface area (Å²) in [4.78, 5) is 22.7. The van der Waals surface area contributed by atoms with E-state index in [0.717, 1.165) is 6.42 Å². The third-order valence-corrected chi connectivity index (χ3v) is 2.50. The van der Waals surface area contributed by atoms with Gasteiger partial charge in [0.05, 0.1) is 6.21 Å². The van der Waals surface area contributed by atoms with E-state index in [9.17, 15) is 14.7 Å². The van der Waals surface area contributed by atoms with E-state index >= 15 is 0 Å². The van der Waals surface area contributed by atoms with E-state index in [4.69, 9.17) is 0 Å². The van der Waals surface area contributed by atoms with Gasteiger partial charge in [0, 0.05) is 11.6 Å². The highest BCUT2D eigenvalue weighted by Crippen LogP contribution is 2.12. The lowest BCUT2D eigenvalue weighted by molar-refractivity contribution is -0.139. The van der Waals surface area contributed by atoms with Gasteiger partial charge < -0.3 is 10.4 Å². The molecule has 1 aromatic rings. The van der Waals surface area contributed by atoms with Crippen molar-refractivity contribution in [2.24, 2.45) is 5.10 Å². The largest absolute Gasteiger partial charge is 0.507 e. The number of nitrogens with zero attached hydrogens (tertiary/aromatic N) is 1. The number of hydrogen-bond donors (Lipinski definition) is 3. The van der Waals surface area contributed by atoms with Crippen LogP contribution in [0.5, 0.6) is 5.75 Å². The van der Waals surface area contributed by atoms with Crippen molar-refractivity contribution in [2.75, 3.05) is 0 Å². The van der Waals surface area contributed by atoms with E-state index in [1.54, 1.807) is 25.1 Å². The van der Waals surface area contributed by atoms with Gasteiger partial charge in [0.15, 0.2) is 0 Å². The van der Waals surface area contributed by atoms with E-state index in [0.29, 0.717) is 5.56 Å². The van der Waals surface area contributed by atoms with Gasteiger partial charge in [0.1, 0.15) is 5.75 Å². The molecule has 0 unspecified atom stereocenters. The van der Waals surface area contributed by atoms with Crippen LogP contribution in [-0.4, -0.2) is 29.2 Å². The van der Waals surface area contributed by atoms with Crippen molar-refractivity contribution >= 4 is 18.0 Å². The maximum atomic E-state index is 11.4. The Morgan fingerprint density at radius 1 is 1.37 bits per heavy atom. The Morgan fingerprint density at radius 2 is 2.05 bits per heavy atom. The fourth-order valence-corrected chi connectivity index (χ4v) is 1.20. The number of rotatable bonds is 4. The molecule has 102 valence electrons. The summed E-state index contributed by atoms with van der Waals surface area (Å²) in [5, 5.41) is 15.6. The number of hydrogen-bond acceptors (Lipinski definition) is 4. The predicted molar refractivity (Wildman–Crippen MR) is 71.7 cm³/mol. The molecule has 0 aromatic heterocycles. The summed E-state index contributed by atoms with van der Waals surface area (Å²) < 4.78 is 0. The number of carbonyl (C=O) groups is 2. The first-order valence-corrected chi connectivity index (χ1v) is 5.96. The SMILES string of the molecule is CC[C@@H](C)NC(=O)C(=O)N/N=C/c1ccccc1O. The van der Waals surface area contributed by atoms with Crippen LogP contribution in [0, 0.1) is 0 Å². The summed E-state index contributed by atoms with van der Waals surface area (Å²) in [6, 6.07) is 6.45. The standard InChI is InChI=1S/C13H17N3O3/c1-3-9(2)15-12(18)13(19)16-14-8-10-6-4-5-7-11(10)17/h4-9,17H,3H2,1-2H3,(H,15,18)(H,16,19)/b14-8+/t9-/m1/s1. The molecule has 0 aliphatic rings. The van der Waals surface area contributed by atoms with Crippen molar-refractivity contribution in [1.82, 2.24) is 10.7 Å². The molecule has 0 spiro atoms. The van der Waals surface area contributed by atoms with E-state index in [-0.39, 0.29) is 11.8 Å². The molecule has 0 aliphatic carbocycles. The first kappa shape index (κ1) is 14.7. The number of hydrazone groups is 1. The Bertz CT molecular complexity index is 486. The van der Waals surface area contributed by atoms with Gasteiger partial charge in [-0.15, -0.1) is 0 Å². The summed E-state index contributed by atoms with van der Waals surface area (Å²) in [6.45, 7) is 3.70. The van der Waals surface area contributed by atoms with Gasteiger partial charge in [-0.3, -0.25) is 9.59 Å². The van der Waals surface area contributed by atoms with Gasteiger partial charge in [0.25, 0.3) is 0 Å². The van der Waals surface area contributed by atoms with E-state index in [1.165, 1.54) is 12.3 Å². The third-order valence-electron chi connectivity index (χ3n) is 2.50. The summed E-state index contributed by atoms with van der Waals surface area (Å²) in [7, 11) is 0.